The minimum absolute atomic E-state index is 0.158. The lowest BCUT2D eigenvalue weighted by atomic mass is 10.0. The molecule has 0 saturated carbocycles. The second-order valence-electron chi connectivity index (χ2n) is 5.40. The minimum atomic E-state index is 0.158. The molecule has 2 rings (SSSR count). The van der Waals surface area contributed by atoms with Gasteiger partial charge in [-0.05, 0) is 25.2 Å². The number of hydrogen-bond donors (Lipinski definition) is 1. The Bertz CT molecular complexity index is 298. The summed E-state index contributed by atoms with van der Waals surface area (Å²) in [5, 5.41) is 3.37. The molecule has 18 heavy (non-hydrogen) atoms. The summed E-state index contributed by atoms with van der Waals surface area (Å²) in [7, 11) is 0. The molecule has 2 heterocycles. The summed E-state index contributed by atoms with van der Waals surface area (Å²) in [4.78, 5) is 13.9. The predicted octanol–water partition coefficient (Wildman–Crippen LogP) is 1.18. The molecule has 2 saturated heterocycles. The molecule has 1 amide bonds. The number of piperidine rings is 1. The first kappa shape index (κ1) is 13.6. The van der Waals surface area contributed by atoms with Crippen LogP contribution in [0.15, 0.2) is 12.2 Å². The van der Waals surface area contributed by atoms with Gasteiger partial charge >= 0.3 is 0 Å². The molecule has 4 heteroatoms. The molecule has 0 unspecified atom stereocenters. The van der Waals surface area contributed by atoms with E-state index < -0.39 is 0 Å². The fourth-order valence-electron chi connectivity index (χ4n) is 2.58. The highest BCUT2D eigenvalue weighted by Gasteiger charge is 2.19. The normalized spacial score (nSPS) is 29.1. The third-order valence-corrected chi connectivity index (χ3v) is 3.68. The van der Waals surface area contributed by atoms with Gasteiger partial charge in [0.2, 0.25) is 5.91 Å². The van der Waals surface area contributed by atoms with Crippen LogP contribution in [0.3, 0.4) is 0 Å². The maximum absolute atomic E-state index is 11.9. The smallest absolute Gasteiger partial charge is 0.246 e. The van der Waals surface area contributed by atoms with Gasteiger partial charge in [-0.2, -0.15) is 0 Å². The number of ether oxygens (including phenoxy) is 1. The molecule has 2 aliphatic heterocycles. The van der Waals surface area contributed by atoms with Crippen LogP contribution in [-0.2, 0) is 9.53 Å². The molecule has 2 aliphatic rings. The molecular formula is C14H24N2O2. The number of carbonyl (C=O) groups is 1. The van der Waals surface area contributed by atoms with Crippen molar-refractivity contribution in [2.75, 3.05) is 32.8 Å². The van der Waals surface area contributed by atoms with E-state index in [-0.39, 0.29) is 5.91 Å². The molecule has 4 nitrogen and oxygen atoms in total. The Labute approximate surface area is 109 Å². The number of nitrogens with zero attached hydrogens (tertiary/aromatic N) is 1. The Kier molecular flexibility index (Phi) is 5.20. The first-order chi connectivity index (χ1) is 8.75. The third-order valence-electron chi connectivity index (χ3n) is 3.68. The van der Waals surface area contributed by atoms with E-state index in [0.29, 0.717) is 12.0 Å². The van der Waals surface area contributed by atoms with Crippen molar-refractivity contribution in [2.24, 2.45) is 5.92 Å². The molecule has 0 radical (unpaired) electrons. The van der Waals surface area contributed by atoms with Crippen LogP contribution in [0.25, 0.3) is 0 Å². The highest BCUT2D eigenvalue weighted by atomic mass is 16.5. The van der Waals surface area contributed by atoms with E-state index in [9.17, 15) is 4.79 Å². The maximum Gasteiger partial charge on any atom is 0.246 e. The monoisotopic (exact) mass is 252 g/mol. The largest absolute Gasteiger partial charge is 0.380 e. The number of carbonyl (C=O) groups excluding carboxylic acids is 1. The van der Waals surface area contributed by atoms with Crippen LogP contribution in [0.4, 0.5) is 0 Å². The molecule has 0 aromatic carbocycles. The fourth-order valence-corrected chi connectivity index (χ4v) is 2.58. The molecule has 2 fully saturated rings. The summed E-state index contributed by atoms with van der Waals surface area (Å²) in [6, 6.07) is 0.458. The zero-order chi connectivity index (χ0) is 12.8. The van der Waals surface area contributed by atoms with Gasteiger partial charge < -0.3 is 15.0 Å². The predicted molar refractivity (Wildman–Crippen MR) is 71.3 cm³/mol. The SMILES string of the molecule is C[C@@H]1CCCN(C(=O)/C=C/CN[C@H]2CCOC2)C1. The second-order valence-corrected chi connectivity index (χ2v) is 5.40. The number of amides is 1. The van der Waals surface area contributed by atoms with E-state index in [1.165, 1.54) is 6.42 Å². The molecule has 0 aromatic heterocycles. The number of likely N-dealkylation sites (tertiary alicyclic amines) is 1. The van der Waals surface area contributed by atoms with Crippen LogP contribution in [-0.4, -0.2) is 49.7 Å². The van der Waals surface area contributed by atoms with Crippen molar-refractivity contribution in [2.45, 2.75) is 32.2 Å². The number of nitrogens with one attached hydrogen (secondary N) is 1. The fraction of sp³-hybridized carbons (Fsp3) is 0.786. The summed E-state index contributed by atoms with van der Waals surface area (Å²) in [5.74, 6) is 0.802. The van der Waals surface area contributed by atoms with Gasteiger partial charge in [0.25, 0.3) is 0 Å². The average molecular weight is 252 g/mol. The molecule has 0 bridgehead atoms. The van der Waals surface area contributed by atoms with E-state index in [1.807, 2.05) is 11.0 Å². The van der Waals surface area contributed by atoms with Crippen LogP contribution in [0, 0.1) is 5.92 Å². The Morgan fingerprint density at radius 2 is 2.39 bits per heavy atom. The average Bonchev–Trinajstić information content (AvgIpc) is 2.87. The van der Waals surface area contributed by atoms with Gasteiger partial charge in [0.15, 0.2) is 0 Å². The second kappa shape index (κ2) is 6.90. The van der Waals surface area contributed by atoms with E-state index in [2.05, 4.69) is 12.2 Å². The Morgan fingerprint density at radius 1 is 1.50 bits per heavy atom. The highest BCUT2D eigenvalue weighted by Crippen LogP contribution is 2.15. The Balaban J connectivity index is 1.66. The van der Waals surface area contributed by atoms with E-state index >= 15 is 0 Å². The van der Waals surface area contributed by atoms with Gasteiger partial charge in [0.1, 0.15) is 0 Å². The number of hydrogen-bond acceptors (Lipinski definition) is 3. The quantitative estimate of drug-likeness (QED) is 0.764. The minimum Gasteiger partial charge on any atom is -0.380 e. The van der Waals surface area contributed by atoms with Gasteiger partial charge in [0.05, 0.1) is 6.61 Å². The van der Waals surface area contributed by atoms with E-state index in [4.69, 9.17) is 4.74 Å². The van der Waals surface area contributed by atoms with Crippen molar-refractivity contribution in [3.05, 3.63) is 12.2 Å². The lowest BCUT2D eigenvalue weighted by Gasteiger charge is -2.30. The molecule has 2 atom stereocenters. The molecular weight excluding hydrogens is 228 g/mol. The third kappa shape index (κ3) is 4.10. The Morgan fingerprint density at radius 3 is 3.11 bits per heavy atom. The molecule has 1 N–H and O–H groups in total. The summed E-state index contributed by atoms with van der Waals surface area (Å²) >= 11 is 0. The maximum atomic E-state index is 11.9. The van der Waals surface area contributed by atoms with Crippen LogP contribution in [0.1, 0.15) is 26.2 Å². The highest BCUT2D eigenvalue weighted by molar-refractivity contribution is 5.87. The first-order valence-electron chi connectivity index (χ1n) is 7.02. The van der Waals surface area contributed by atoms with Crippen molar-refractivity contribution in [3.63, 3.8) is 0 Å². The van der Waals surface area contributed by atoms with Crippen LogP contribution < -0.4 is 5.32 Å². The van der Waals surface area contributed by atoms with Crippen molar-refractivity contribution in [1.29, 1.82) is 0 Å². The van der Waals surface area contributed by atoms with Gasteiger partial charge in [-0.1, -0.05) is 13.0 Å². The van der Waals surface area contributed by atoms with Gasteiger partial charge in [-0.25, -0.2) is 0 Å². The van der Waals surface area contributed by atoms with Gasteiger partial charge in [-0.3, -0.25) is 4.79 Å². The molecule has 102 valence electrons. The standard InChI is InChI=1S/C14H24N2O2/c1-12-4-3-8-16(10-12)14(17)5-2-7-15-13-6-9-18-11-13/h2,5,12-13,15H,3-4,6-11H2,1H3/b5-2+/t12-,13+/m1/s1. The van der Waals surface area contributed by atoms with Crippen LogP contribution >= 0.6 is 0 Å². The summed E-state index contributed by atoms with van der Waals surface area (Å²) < 4.78 is 5.28. The van der Waals surface area contributed by atoms with Gasteiger partial charge in [-0.15, -0.1) is 0 Å². The van der Waals surface area contributed by atoms with E-state index in [1.54, 1.807) is 6.08 Å². The van der Waals surface area contributed by atoms with Crippen molar-refractivity contribution < 1.29 is 9.53 Å². The topological polar surface area (TPSA) is 41.6 Å². The Hall–Kier alpha value is -0.870. The van der Waals surface area contributed by atoms with Crippen molar-refractivity contribution in [3.8, 4) is 0 Å². The summed E-state index contributed by atoms with van der Waals surface area (Å²) in [5.41, 5.74) is 0. The van der Waals surface area contributed by atoms with Crippen molar-refractivity contribution >= 4 is 5.91 Å². The zero-order valence-corrected chi connectivity index (χ0v) is 11.2. The van der Waals surface area contributed by atoms with Crippen molar-refractivity contribution in [1.82, 2.24) is 10.2 Å². The lowest BCUT2D eigenvalue weighted by molar-refractivity contribution is -0.127. The molecule has 0 aromatic rings. The number of rotatable bonds is 4. The van der Waals surface area contributed by atoms with Crippen LogP contribution in [0.2, 0.25) is 0 Å². The summed E-state index contributed by atoms with van der Waals surface area (Å²) in [6.07, 6.45) is 7.10. The van der Waals surface area contributed by atoms with E-state index in [0.717, 1.165) is 45.7 Å². The first-order valence-corrected chi connectivity index (χ1v) is 7.02. The summed E-state index contributed by atoms with van der Waals surface area (Å²) in [6.45, 7) is 6.44. The van der Waals surface area contributed by atoms with Gasteiger partial charge in [0, 0.05) is 38.4 Å². The molecule has 0 aliphatic carbocycles. The molecule has 0 spiro atoms. The lowest BCUT2D eigenvalue weighted by Crippen LogP contribution is -2.38. The zero-order valence-electron chi connectivity index (χ0n) is 11.2. The van der Waals surface area contributed by atoms with Crippen LogP contribution in [0.5, 0.6) is 0 Å².